The average Bonchev–Trinajstić information content (AvgIpc) is 2.45. The van der Waals surface area contributed by atoms with Crippen LogP contribution in [0.5, 0.6) is 0 Å². The monoisotopic (exact) mass is 292 g/mol. The maximum Gasteiger partial charge on any atom is 0.328 e. The fourth-order valence-electron chi connectivity index (χ4n) is 1.93. The molecule has 0 bridgehead atoms. The summed E-state index contributed by atoms with van der Waals surface area (Å²) in [6.07, 6.45) is 19.2. The number of Topliss-reactive ketones (excluding diaryl/α,β-unsaturated/α-hetero) is 1. The highest BCUT2D eigenvalue weighted by molar-refractivity contribution is 5.80. The van der Waals surface area contributed by atoms with Crippen LogP contribution in [0.25, 0.3) is 0 Å². The highest BCUT2D eigenvalue weighted by Crippen LogP contribution is 2.09. The van der Waals surface area contributed by atoms with Crippen LogP contribution in [0.2, 0.25) is 0 Å². The van der Waals surface area contributed by atoms with Crippen molar-refractivity contribution < 1.29 is 14.7 Å². The van der Waals surface area contributed by atoms with Crippen molar-refractivity contribution in [1.29, 1.82) is 0 Å². The zero-order chi connectivity index (χ0) is 15.8. The standard InChI is InChI=1S/C18H28O3/c1-2-3-4-5-6-8-11-14-17(19)15-12-9-7-10-13-16-18(20)21/h7,9-10,12-13,16H,2-6,8,11,14-15H2,1H3,(H,20,21). The number of hydrogen-bond donors (Lipinski definition) is 1. The maximum atomic E-state index is 11.6. The molecule has 3 nitrogen and oxygen atoms in total. The number of ketones is 1. The van der Waals surface area contributed by atoms with Gasteiger partial charge >= 0.3 is 5.97 Å². The first-order chi connectivity index (χ1) is 10.2. The molecule has 0 fully saturated rings. The minimum absolute atomic E-state index is 0.272. The molecule has 0 aliphatic rings. The first-order valence-electron chi connectivity index (χ1n) is 7.91. The van der Waals surface area contributed by atoms with Crippen LogP contribution >= 0.6 is 0 Å². The molecule has 118 valence electrons. The van der Waals surface area contributed by atoms with Crippen LogP contribution in [0.15, 0.2) is 36.5 Å². The van der Waals surface area contributed by atoms with E-state index >= 15 is 0 Å². The first kappa shape index (κ1) is 19.4. The lowest BCUT2D eigenvalue weighted by atomic mass is 10.1. The lowest BCUT2D eigenvalue weighted by Gasteiger charge is -2.00. The number of hydrogen-bond acceptors (Lipinski definition) is 2. The highest BCUT2D eigenvalue weighted by Gasteiger charge is 1.98. The Morgan fingerprint density at radius 1 is 0.857 bits per heavy atom. The molecule has 0 unspecified atom stereocenters. The highest BCUT2D eigenvalue weighted by atomic mass is 16.4. The zero-order valence-electron chi connectivity index (χ0n) is 13.1. The predicted molar refractivity (Wildman–Crippen MR) is 87.3 cm³/mol. The van der Waals surface area contributed by atoms with Crippen LogP contribution in [0.1, 0.15) is 64.7 Å². The summed E-state index contributed by atoms with van der Waals surface area (Å²) < 4.78 is 0. The van der Waals surface area contributed by atoms with Gasteiger partial charge in [-0.1, -0.05) is 75.8 Å². The smallest absolute Gasteiger partial charge is 0.328 e. The Labute approximate surface area is 128 Å². The summed E-state index contributed by atoms with van der Waals surface area (Å²) in [4.78, 5) is 21.8. The number of carboxylic acids is 1. The molecule has 0 amide bonds. The van der Waals surface area contributed by atoms with E-state index in [1.54, 1.807) is 18.2 Å². The van der Waals surface area contributed by atoms with Crippen molar-refractivity contribution in [2.75, 3.05) is 0 Å². The fraction of sp³-hybridized carbons (Fsp3) is 0.556. The third-order valence-corrected chi connectivity index (χ3v) is 3.11. The molecule has 0 heterocycles. The van der Waals surface area contributed by atoms with Crippen LogP contribution in [-0.4, -0.2) is 16.9 Å². The van der Waals surface area contributed by atoms with Gasteiger partial charge in [-0.15, -0.1) is 0 Å². The van der Waals surface area contributed by atoms with Gasteiger partial charge in [0, 0.05) is 18.9 Å². The predicted octanol–water partition coefficient (Wildman–Crippen LogP) is 4.84. The second kappa shape index (κ2) is 14.8. The Hall–Kier alpha value is -1.64. The van der Waals surface area contributed by atoms with Crippen molar-refractivity contribution in [1.82, 2.24) is 0 Å². The SMILES string of the molecule is CCCCCCCCCC(=O)CC=CC=CC=CC(=O)O. The average molecular weight is 292 g/mol. The third kappa shape index (κ3) is 16.3. The molecule has 0 aromatic heterocycles. The summed E-state index contributed by atoms with van der Waals surface area (Å²) in [5.74, 6) is -0.692. The van der Waals surface area contributed by atoms with E-state index in [1.807, 2.05) is 6.08 Å². The molecule has 0 saturated heterocycles. The number of aliphatic carboxylic acids is 1. The van der Waals surface area contributed by atoms with E-state index in [2.05, 4.69) is 6.92 Å². The van der Waals surface area contributed by atoms with E-state index < -0.39 is 5.97 Å². The van der Waals surface area contributed by atoms with Crippen LogP contribution in [0, 0.1) is 0 Å². The molecule has 0 atom stereocenters. The molecular weight excluding hydrogens is 264 g/mol. The topological polar surface area (TPSA) is 54.4 Å². The molecule has 1 N–H and O–H groups in total. The third-order valence-electron chi connectivity index (χ3n) is 3.11. The number of allylic oxidation sites excluding steroid dienone is 5. The molecular formula is C18H28O3. The van der Waals surface area contributed by atoms with Crippen LogP contribution in [-0.2, 0) is 9.59 Å². The summed E-state index contributed by atoms with van der Waals surface area (Å²) in [5.41, 5.74) is 0. The van der Waals surface area contributed by atoms with E-state index in [1.165, 1.54) is 38.2 Å². The van der Waals surface area contributed by atoms with E-state index in [9.17, 15) is 9.59 Å². The second-order valence-electron chi connectivity index (χ2n) is 5.12. The number of rotatable bonds is 13. The lowest BCUT2D eigenvalue weighted by molar-refractivity contribution is -0.131. The molecule has 0 saturated carbocycles. The quantitative estimate of drug-likeness (QED) is 0.300. The summed E-state index contributed by atoms with van der Waals surface area (Å²) in [6, 6.07) is 0. The van der Waals surface area contributed by atoms with Gasteiger partial charge in [-0.05, 0) is 6.42 Å². The zero-order valence-corrected chi connectivity index (χ0v) is 13.1. The fourth-order valence-corrected chi connectivity index (χ4v) is 1.93. The van der Waals surface area contributed by atoms with Gasteiger partial charge in [0.2, 0.25) is 0 Å². The molecule has 0 rings (SSSR count). The molecule has 0 spiro atoms. The van der Waals surface area contributed by atoms with Crippen molar-refractivity contribution in [3.63, 3.8) is 0 Å². The van der Waals surface area contributed by atoms with Gasteiger partial charge < -0.3 is 5.11 Å². The molecule has 0 aliphatic heterocycles. The number of carbonyl (C=O) groups is 2. The van der Waals surface area contributed by atoms with Gasteiger partial charge in [-0.2, -0.15) is 0 Å². The second-order valence-corrected chi connectivity index (χ2v) is 5.12. The van der Waals surface area contributed by atoms with Crippen molar-refractivity contribution in [3.05, 3.63) is 36.5 Å². The Morgan fingerprint density at radius 3 is 2.14 bits per heavy atom. The van der Waals surface area contributed by atoms with Gasteiger partial charge in [0.25, 0.3) is 0 Å². The van der Waals surface area contributed by atoms with E-state index in [0.29, 0.717) is 12.8 Å². The molecule has 21 heavy (non-hydrogen) atoms. The number of carboxylic acid groups (broad SMARTS) is 1. The minimum atomic E-state index is -0.964. The van der Waals surface area contributed by atoms with Gasteiger partial charge in [-0.3, -0.25) is 4.79 Å². The largest absolute Gasteiger partial charge is 0.478 e. The summed E-state index contributed by atoms with van der Waals surface area (Å²) in [6.45, 7) is 2.21. The van der Waals surface area contributed by atoms with Crippen LogP contribution in [0.4, 0.5) is 0 Å². The summed E-state index contributed by atoms with van der Waals surface area (Å²) >= 11 is 0. The van der Waals surface area contributed by atoms with Gasteiger partial charge in [-0.25, -0.2) is 4.79 Å². The number of carbonyl (C=O) groups excluding carboxylic acids is 1. The Kier molecular flexibility index (Phi) is 13.6. The van der Waals surface area contributed by atoms with Crippen LogP contribution < -0.4 is 0 Å². The summed E-state index contributed by atoms with van der Waals surface area (Å²) in [5, 5.41) is 8.37. The normalized spacial score (nSPS) is 11.9. The Morgan fingerprint density at radius 2 is 1.48 bits per heavy atom. The molecule has 0 radical (unpaired) electrons. The molecule has 0 aromatic rings. The molecule has 0 aromatic carbocycles. The maximum absolute atomic E-state index is 11.6. The Bertz CT molecular complexity index is 365. The summed E-state index contributed by atoms with van der Waals surface area (Å²) in [7, 11) is 0. The van der Waals surface area contributed by atoms with E-state index in [4.69, 9.17) is 5.11 Å². The van der Waals surface area contributed by atoms with E-state index in [-0.39, 0.29) is 5.78 Å². The van der Waals surface area contributed by atoms with E-state index in [0.717, 1.165) is 18.9 Å². The minimum Gasteiger partial charge on any atom is -0.478 e. The van der Waals surface area contributed by atoms with Gasteiger partial charge in [0.1, 0.15) is 5.78 Å². The lowest BCUT2D eigenvalue weighted by Crippen LogP contribution is -1.95. The molecule has 0 aliphatic carbocycles. The van der Waals surface area contributed by atoms with Crippen LogP contribution in [0.3, 0.4) is 0 Å². The van der Waals surface area contributed by atoms with Crippen molar-refractivity contribution >= 4 is 11.8 Å². The number of unbranched alkanes of at least 4 members (excludes halogenated alkanes) is 6. The van der Waals surface area contributed by atoms with Gasteiger partial charge in [0.05, 0.1) is 0 Å². The van der Waals surface area contributed by atoms with Crippen molar-refractivity contribution in [3.8, 4) is 0 Å². The molecule has 3 heteroatoms. The van der Waals surface area contributed by atoms with Crippen molar-refractivity contribution in [2.24, 2.45) is 0 Å². The Balaban J connectivity index is 3.51. The van der Waals surface area contributed by atoms with Gasteiger partial charge in [0.15, 0.2) is 0 Å². The van der Waals surface area contributed by atoms with Crippen molar-refractivity contribution in [2.45, 2.75) is 64.7 Å². The first-order valence-corrected chi connectivity index (χ1v) is 7.91.